The Morgan fingerprint density at radius 3 is 1.65 bits per heavy atom. The molecule has 6 nitrogen and oxygen atoms in total. The van der Waals surface area contributed by atoms with Gasteiger partial charge in [0.25, 0.3) is 0 Å². The van der Waals surface area contributed by atoms with Crippen molar-refractivity contribution in [3.63, 3.8) is 0 Å². The van der Waals surface area contributed by atoms with Crippen LogP contribution in [0.3, 0.4) is 0 Å². The van der Waals surface area contributed by atoms with Crippen LogP contribution in [-0.2, 0) is 9.47 Å². The lowest BCUT2D eigenvalue weighted by atomic mass is 10.1. The smallest absolute Gasteiger partial charge is 0.208 e. The average molecular weight is 351 g/mol. The molecule has 0 heterocycles. The Hall–Kier alpha value is -1.18. The lowest BCUT2D eigenvalue weighted by molar-refractivity contribution is 0.0439. The predicted octanol–water partition coefficient (Wildman–Crippen LogP) is 2.74. The maximum atomic E-state index is 5.55. The fourth-order valence-corrected chi connectivity index (χ4v) is 2.13. The predicted molar refractivity (Wildman–Crippen MR) is 77.0 cm³/mol. The second-order valence-corrected chi connectivity index (χ2v) is 4.56. The molecule has 0 aliphatic carbocycles. The molecule has 20 heavy (non-hydrogen) atoms. The van der Waals surface area contributed by atoms with Crippen LogP contribution in [0.5, 0.6) is 23.0 Å². The third-order valence-corrected chi connectivity index (χ3v) is 3.49. The van der Waals surface area contributed by atoms with E-state index in [0.29, 0.717) is 27.5 Å². The fraction of sp³-hybridized carbons (Fsp3) is 0.538. The Balaban J connectivity index is 3.37. The number of ether oxygens (including phenoxy) is 6. The largest absolute Gasteiger partial charge is 0.490 e. The quantitative estimate of drug-likeness (QED) is 0.672. The molecule has 114 valence electrons. The summed E-state index contributed by atoms with van der Waals surface area (Å²) < 4.78 is 32.4. The van der Waals surface area contributed by atoms with Crippen LogP contribution in [0.25, 0.3) is 0 Å². The first-order chi connectivity index (χ1) is 9.62. The van der Waals surface area contributed by atoms with Crippen LogP contribution in [0, 0.1) is 6.92 Å². The summed E-state index contributed by atoms with van der Waals surface area (Å²) in [5, 5.41) is 0. The van der Waals surface area contributed by atoms with Gasteiger partial charge in [0.2, 0.25) is 11.5 Å². The number of hydrogen-bond acceptors (Lipinski definition) is 6. The minimum Gasteiger partial charge on any atom is -0.490 e. The Morgan fingerprint density at radius 2 is 1.20 bits per heavy atom. The highest BCUT2D eigenvalue weighted by molar-refractivity contribution is 9.10. The SMILES string of the molecule is COCOc1c(C)c(Br)c(OCOC)c(OC)c1OC. The molecule has 0 aliphatic heterocycles. The van der Waals surface area contributed by atoms with Gasteiger partial charge in [-0.1, -0.05) is 0 Å². The fourth-order valence-electron chi connectivity index (χ4n) is 1.66. The van der Waals surface area contributed by atoms with Crippen molar-refractivity contribution in [2.24, 2.45) is 0 Å². The van der Waals surface area contributed by atoms with Crippen molar-refractivity contribution in [1.82, 2.24) is 0 Å². The number of halogens is 1. The molecule has 0 saturated heterocycles. The standard InChI is InChI=1S/C13H19BrO6/c1-8-9(14)11(20-7-16-3)13(18-5)12(17-4)10(8)19-6-15-2/h6-7H2,1-5H3. The van der Waals surface area contributed by atoms with Gasteiger partial charge in [-0.05, 0) is 22.9 Å². The summed E-state index contributed by atoms with van der Waals surface area (Å²) in [7, 11) is 6.15. The van der Waals surface area contributed by atoms with Crippen LogP contribution in [0.4, 0.5) is 0 Å². The molecule has 0 radical (unpaired) electrons. The van der Waals surface area contributed by atoms with Gasteiger partial charge in [0, 0.05) is 19.8 Å². The minimum absolute atomic E-state index is 0.0931. The minimum atomic E-state index is 0.0931. The zero-order valence-corrected chi connectivity index (χ0v) is 13.8. The van der Waals surface area contributed by atoms with Gasteiger partial charge in [-0.25, -0.2) is 0 Å². The van der Waals surface area contributed by atoms with E-state index in [4.69, 9.17) is 28.4 Å². The van der Waals surface area contributed by atoms with Gasteiger partial charge in [-0.3, -0.25) is 0 Å². The molecule has 0 aliphatic rings. The second kappa shape index (κ2) is 8.18. The monoisotopic (exact) mass is 350 g/mol. The maximum absolute atomic E-state index is 5.55. The second-order valence-electron chi connectivity index (χ2n) is 3.77. The van der Waals surface area contributed by atoms with E-state index in [1.165, 1.54) is 14.2 Å². The van der Waals surface area contributed by atoms with E-state index in [-0.39, 0.29) is 13.6 Å². The molecule has 7 heteroatoms. The van der Waals surface area contributed by atoms with Crippen molar-refractivity contribution in [2.45, 2.75) is 6.92 Å². The number of methoxy groups -OCH3 is 4. The van der Waals surface area contributed by atoms with Crippen LogP contribution < -0.4 is 18.9 Å². The Kier molecular flexibility index (Phi) is 6.90. The third kappa shape index (κ3) is 3.47. The molecule has 1 aromatic rings. The molecule has 1 rings (SSSR count). The Labute approximate surface area is 127 Å². The molecule has 0 bridgehead atoms. The van der Waals surface area contributed by atoms with E-state index in [2.05, 4.69) is 15.9 Å². The average Bonchev–Trinajstić information content (AvgIpc) is 2.46. The van der Waals surface area contributed by atoms with Gasteiger partial charge >= 0.3 is 0 Å². The van der Waals surface area contributed by atoms with E-state index in [9.17, 15) is 0 Å². The van der Waals surface area contributed by atoms with Crippen LogP contribution in [0.1, 0.15) is 5.56 Å². The van der Waals surface area contributed by atoms with Crippen molar-refractivity contribution in [2.75, 3.05) is 42.0 Å². The zero-order chi connectivity index (χ0) is 15.1. The van der Waals surface area contributed by atoms with Gasteiger partial charge < -0.3 is 28.4 Å². The molecule has 0 N–H and O–H groups in total. The van der Waals surface area contributed by atoms with Gasteiger partial charge in [0.05, 0.1) is 18.7 Å². The highest BCUT2D eigenvalue weighted by atomic mass is 79.9. The van der Waals surface area contributed by atoms with E-state index in [1.807, 2.05) is 6.92 Å². The number of hydrogen-bond donors (Lipinski definition) is 0. The van der Waals surface area contributed by atoms with Crippen LogP contribution in [-0.4, -0.2) is 42.0 Å². The normalized spacial score (nSPS) is 10.3. The molecule has 0 aromatic heterocycles. The summed E-state index contributed by atoms with van der Waals surface area (Å²) in [4.78, 5) is 0. The summed E-state index contributed by atoms with van der Waals surface area (Å²) in [6, 6.07) is 0. The summed E-state index contributed by atoms with van der Waals surface area (Å²) in [6.07, 6.45) is 0. The lowest BCUT2D eigenvalue weighted by Gasteiger charge is -2.20. The van der Waals surface area contributed by atoms with Crippen molar-refractivity contribution in [3.05, 3.63) is 10.0 Å². The molecule has 1 aromatic carbocycles. The van der Waals surface area contributed by atoms with Crippen molar-refractivity contribution in [3.8, 4) is 23.0 Å². The van der Waals surface area contributed by atoms with E-state index >= 15 is 0 Å². The molecule has 0 saturated carbocycles. The van der Waals surface area contributed by atoms with E-state index in [0.717, 1.165) is 5.56 Å². The third-order valence-electron chi connectivity index (χ3n) is 2.54. The molecule has 0 amide bonds. The van der Waals surface area contributed by atoms with Crippen molar-refractivity contribution < 1.29 is 28.4 Å². The van der Waals surface area contributed by atoms with Crippen LogP contribution >= 0.6 is 15.9 Å². The maximum Gasteiger partial charge on any atom is 0.208 e. The van der Waals surface area contributed by atoms with Gasteiger partial charge in [-0.15, -0.1) is 0 Å². The van der Waals surface area contributed by atoms with Crippen molar-refractivity contribution in [1.29, 1.82) is 0 Å². The molecular formula is C13H19BrO6. The zero-order valence-electron chi connectivity index (χ0n) is 12.2. The summed E-state index contributed by atoms with van der Waals surface area (Å²) in [5.41, 5.74) is 0.811. The van der Waals surface area contributed by atoms with E-state index in [1.54, 1.807) is 14.2 Å². The first-order valence-corrected chi connectivity index (χ1v) is 6.59. The number of rotatable bonds is 8. The summed E-state index contributed by atoms with van der Waals surface area (Å²) in [6.45, 7) is 2.07. The van der Waals surface area contributed by atoms with Gasteiger partial charge in [0.15, 0.2) is 25.1 Å². The topological polar surface area (TPSA) is 55.4 Å². The first-order valence-electron chi connectivity index (χ1n) is 5.79. The molecule has 0 spiro atoms. The lowest BCUT2D eigenvalue weighted by Crippen LogP contribution is -2.07. The highest BCUT2D eigenvalue weighted by Gasteiger charge is 2.25. The van der Waals surface area contributed by atoms with Gasteiger partial charge in [0.1, 0.15) is 0 Å². The Bertz CT molecular complexity index is 408. The van der Waals surface area contributed by atoms with Crippen molar-refractivity contribution >= 4 is 15.9 Å². The molecular weight excluding hydrogens is 332 g/mol. The number of benzene rings is 1. The highest BCUT2D eigenvalue weighted by Crippen LogP contribution is 2.51. The first kappa shape index (κ1) is 16.9. The van der Waals surface area contributed by atoms with E-state index < -0.39 is 0 Å². The molecule has 0 atom stereocenters. The summed E-state index contributed by atoms with van der Waals surface area (Å²) in [5.74, 6) is 1.89. The Morgan fingerprint density at radius 1 is 0.750 bits per heavy atom. The van der Waals surface area contributed by atoms with Crippen LogP contribution in [0.15, 0.2) is 4.47 Å². The van der Waals surface area contributed by atoms with Gasteiger partial charge in [-0.2, -0.15) is 0 Å². The molecule has 0 unspecified atom stereocenters. The molecule has 0 fully saturated rings. The summed E-state index contributed by atoms with van der Waals surface area (Å²) >= 11 is 3.47. The van der Waals surface area contributed by atoms with Crippen LogP contribution in [0.2, 0.25) is 0 Å².